The number of H-pyrrole nitrogens is 1. The van der Waals surface area contributed by atoms with Crippen molar-refractivity contribution in [2.75, 3.05) is 39.0 Å². The van der Waals surface area contributed by atoms with Crippen LogP contribution in [0.2, 0.25) is 15.1 Å². The molecule has 3 aliphatic rings. The lowest BCUT2D eigenvalue weighted by atomic mass is 10.0. The van der Waals surface area contributed by atoms with Crippen LogP contribution >= 0.6 is 34.8 Å². The number of hydrogen-bond donors (Lipinski definition) is 2. The van der Waals surface area contributed by atoms with Gasteiger partial charge in [0, 0.05) is 23.2 Å². The van der Waals surface area contributed by atoms with E-state index in [4.69, 9.17) is 39.8 Å². The van der Waals surface area contributed by atoms with Gasteiger partial charge in [-0.2, -0.15) is 4.98 Å². The summed E-state index contributed by atoms with van der Waals surface area (Å²) in [6, 6.07) is 11.1. The van der Waals surface area contributed by atoms with E-state index in [9.17, 15) is 9.59 Å². The van der Waals surface area contributed by atoms with Gasteiger partial charge in [0.2, 0.25) is 5.91 Å². The fraction of sp³-hybridized carbons (Fsp3) is 0.400. The first-order valence-corrected chi connectivity index (χ1v) is 15.1. The van der Waals surface area contributed by atoms with Crippen LogP contribution in [0.25, 0.3) is 17.1 Å². The molecule has 42 heavy (non-hydrogen) atoms. The Morgan fingerprint density at radius 3 is 2.36 bits per heavy atom. The maximum atomic E-state index is 13.3. The maximum Gasteiger partial charge on any atom is 0.284 e. The van der Waals surface area contributed by atoms with E-state index in [1.807, 2.05) is 45.2 Å². The Hall–Kier alpha value is -2.95. The molecule has 1 amide bonds. The smallest absolute Gasteiger partial charge is 0.284 e. The molecule has 0 bridgehead atoms. The summed E-state index contributed by atoms with van der Waals surface area (Å²) in [5, 5.41) is 7.28. The Morgan fingerprint density at radius 1 is 1.10 bits per heavy atom. The van der Waals surface area contributed by atoms with E-state index in [0.29, 0.717) is 68.4 Å². The number of aromatic nitrogens is 4. The number of likely N-dealkylation sites (N-methyl/N-ethyl adjacent to an activating group) is 1. The number of anilines is 1. The fourth-order valence-electron chi connectivity index (χ4n) is 5.39. The molecule has 0 aromatic heterocycles. The van der Waals surface area contributed by atoms with Crippen LogP contribution in [0.4, 0.5) is 5.69 Å². The number of carbonyl (C=O) groups is 1. The second-order valence-electron chi connectivity index (χ2n) is 11.2. The molecule has 2 aromatic carbocycles. The number of aromatic amines is 1. The van der Waals surface area contributed by atoms with Crippen LogP contribution in [0.15, 0.2) is 41.2 Å². The van der Waals surface area contributed by atoms with Crippen LogP contribution in [0.3, 0.4) is 0 Å². The van der Waals surface area contributed by atoms with Gasteiger partial charge in [-0.1, -0.05) is 60.8 Å². The van der Waals surface area contributed by atoms with E-state index < -0.39 is 0 Å². The number of halogens is 3. The summed E-state index contributed by atoms with van der Waals surface area (Å²) in [7, 11) is 4.13. The molecule has 0 unspecified atom stereocenters. The number of benzene rings is 2. The van der Waals surface area contributed by atoms with Crippen LogP contribution in [-0.4, -0.2) is 75.2 Å². The lowest BCUT2D eigenvalue weighted by Crippen LogP contribution is -2.44. The topological polar surface area (TPSA) is 99.2 Å². The number of nitrogens with zero attached hydrogens (tertiary/aromatic N) is 5. The highest BCUT2D eigenvalue weighted by molar-refractivity contribution is 6.40. The van der Waals surface area contributed by atoms with Crippen molar-refractivity contribution < 1.29 is 4.79 Å². The highest BCUT2D eigenvalue weighted by Crippen LogP contribution is 2.36. The van der Waals surface area contributed by atoms with E-state index in [2.05, 4.69) is 32.2 Å². The zero-order valence-electron chi connectivity index (χ0n) is 24.0. The van der Waals surface area contributed by atoms with Gasteiger partial charge in [0.25, 0.3) is 5.56 Å². The minimum absolute atomic E-state index is 0.00679. The summed E-state index contributed by atoms with van der Waals surface area (Å²) in [5.74, 6) is 0.685. The summed E-state index contributed by atoms with van der Waals surface area (Å²) >= 11 is 19.2. The molecule has 3 heterocycles. The Labute approximate surface area is 260 Å². The van der Waals surface area contributed by atoms with Crippen molar-refractivity contribution >= 4 is 46.4 Å². The normalized spacial score (nSPS) is 14.8. The lowest BCUT2D eigenvalue weighted by Gasteiger charge is -2.34. The summed E-state index contributed by atoms with van der Waals surface area (Å²) < 4.78 is 1.62. The summed E-state index contributed by atoms with van der Waals surface area (Å²) in [5.41, 5.74) is 2.74. The van der Waals surface area contributed by atoms with Crippen molar-refractivity contribution in [1.29, 1.82) is 0 Å². The molecular weight excluding hydrogens is 597 g/mol. The first-order chi connectivity index (χ1) is 20.0. The molecule has 2 N–H and O–H groups in total. The highest BCUT2D eigenvalue weighted by atomic mass is 35.5. The predicted molar refractivity (Wildman–Crippen MR) is 169 cm³/mol. The molecule has 0 aliphatic carbocycles. The molecule has 3 aliphatic heterocycles. The number of hydrogen-bond acceptors (Lipinski definition) is 6. The Kier molecular flexibility index (Phi) is 9.25. The van der Waals surface area contributed by atoms with Gasteiger partial charge in [0.1, 0.15) is 17.1 Å². The molecule has 2 aromatic rings. The third kappa shape index (κ3) is 6.66. The van der Waals surface area contributed by atoms with Crippen molar-refractivity contribution in [1.82, 2.24) is 29.5 Å². The fourth-order valence-corrected chi connectivity index (χ4v) is 6.37. The third-order valence-corrected chi connectivity index (χ3v) is 8.50. The van der Waals surface area contributed by atoms with E-state index in [0.717, 1.165) is 31.5 Å². The number of rotatable bonds is 8. The Balaban J connectivity index is 1.34. The molecule has 5 rings (SSSR count). The van der Waals surface area contributed by atoms with Crippen LogP contribution < -0.4 is 10.9 Å². The van der Waals surface area contributed by atoms with E-state index >= 15 is 0 Å². The van der Waals surface area contributed by atoms with Gasteiger partial charge in [-0.3, -0.25) is 19.6 Å². The predicted octanol–water partition coefficient (Wildman–Crippen LogP) is 5.70. The number of amides is 1. The second-order valence-corrected chi connectivity index (χ2v) is 12.5. The molecule has 0 radical (unpaired) electrons. The number of fused-ring (bicyclic) bond motifs is 1. The summed E-state index contributed by atoms with van der Waals surface area (Å²) in [6.45, 7) is 6.39. The number of nitrogens with one attached hydrogen (secondary N) is 2. The Morgan fingerprint density at radius 2 is 1.74 bits per heavy atom. The Bertz CT molecular complexity index is 1590. The molecule has 9 nitrogen and oxygen atoms in total. The molecule has 0 atom stereocenters. The van der Waals surface area contributed by atoms with Crippen molar-refractivity contribution in [3.05, 3.63) is 78.9 Å². The maximum absolute atomic E-state index is 13.3. The summed E-state index contributed by atoms with van der Waals surface area (Å²) in [4.78, 5) is 39.4. The average Bonchev–Trinajstić information content (AvgIpc) is 3.29. The van der Waals surface area contributed by atoms with Crippen molar-refractivity contribution in [2.45, 2.75) is 45.1 Å². The number of piperidine rings is 1. The molecular formula is C30H34Cl3N7O2. The van der Waals surface area contributed by atoms with E-state index in [1.54, 1.807) is 16.8 Å². The van der Waals surface area contributed by atoms with E-state index in [1.165, 1.54) is 0 Å². The van der Waals surface area contributed by atoms with Crippen molar-refractivity contribution in [3.8, 4) is 17.1 Å². The standard InChI is InChI=1S/C30H34Cl3N7O2/c1-17(2)27-26-29(40(37-27)28-22(32)14-19(31)15-23(28)33)35-24(36-30(26)42)13-18-5-7-20(8-6-18)34-25(41)16-39(4)21-9-11-38(3)12-10-21/h5-8,14-15,17,21,37H,9-13,16H2,1-4H3,(H,34,41). The average molecular weight is 631 g/mol. The second kappa shape index (κ2) is 12.7. The molecule has 0 saturated carbocycles. The third-order valence-electron chi connectivity index (χ3n) is 7.70. The number of carbonyl (C=O) groups excluding carboxylic acids is 1. The van der Waals surface area contributed by atoms with Crippen LogP contribution in [0, 0.1) is 0 Å². The quantitative estimate of drug-likeness (QED) is 0.259. The van der Waals surface area contributed by atoms with Gasteiger partial charge in [-0.05, 0) is 75.8 Å². The molecule has 222 valence electrons. The lowest BCUT2D eigenvalue weighted by molar-refractivity contribution is -0.117. The molecule has 0 spiro atoms. The van der Waals surface area contributed by atoms with Gasteiger partial charge in [0.05, 0.1) is 22.3 Å². The minimum Gasteiger partial charge on any atom is -0.325 e. The highest BCUT2D eigenvalue weighted by Gasteiger charge is 2.27. The molecule has 1 fully saturated rings. The zero-order valence-corrected chi connectivity index (χ0v) is 26.3. The van der Waals surface area contributed by atoms with Gasteiger partial charge in [-0.25, -0.2) is 9.67 Å². The SMILES string of the molecule is CC(C)c1[nH]n(-c2c(Cl)cc(Cl)cc2Cl)c2nc(Cc3ccc(NC(=O)CN(C)C4CCN(C)CC4)cc3)nc(=O)c1-2. The van der Waals surface area contributed by atoms with Crippen LogP contribution in [0.5, 0.6) is 0 Å². The first-order valence-electron chi connectivity index (χ1n) is 13.9. The van der Waals surface area contributed by atoms with Crippen LogP contribution in [-0.2, 0) is 11.2 Å². The number of likely N-dealkylation sites (tertiary alicyclic amines) is 1. The first kappa shape index (κ1) is 30.5. The van der Waals surface area contributed by atoms with Gasteiger partial charge < -0.3 is 10.2 Å². The van der Waals surface area contributed by atoms with E-state index in [-0.39, 0.29) is 17.4 Å². The summed E-state index contributed by atoms with van der Waals surface area (Å²) in [6.07, 6.45) is 2.45. The molecule has 12 heteroatoms. The monoisotopic (exact) mass is 629 g/mol. The van der Waals surface area contributed by atoms with Gasteiger partial charge in [0.15, 0.2) is 5.82 Å². The minimum atomic E-state index is -0.382. The van der Waals surface area contributed by atoms with Crippen LogP contribution in [0.1, 0.15) is 49.7 Å². The zero-order chi connectivity index (χ0) is 30.1. The largest absolute Gasteiger partial charge is 0.325 e. The van der Waals surface area contributed by atoms with Crippen molar-refractivity contribution in [3.63, 3.8) is 0 Å². The van der Waals surface area contributed by atoms with Gasteiger partial charge in [-0.15, -0.1) is 0 Å². The van der Waals surface area contributed by atoms with Crippen molar-refractivity contribution in [2.24, 2.45) is 0 Å². The van der Waals surface area contributed by atoms with Gasteiger partial charge >= 0.3 is 0 Å². The molecule has 1 saturated heterocycles.